The van der Waals surface area contributed by atoms with Crippen LogP contribution in [0, 0.1) is 0 Å². The normalized spacial score (nSPS) is 10.2. The van der Waals surface area contributed by atoms with E-state index in [4.69, 9.17) is 18.9 Å². The van der Waals surface area contributed by atoms with Crippen LogP contribution in [0.2, 0.25) is 0 Å². The Bertz CT molecular complexity index is 757. The highest BCUT2D eigenvalue weighted by molar-refractivity contribution is 5.93. The molecule has 0 saturated carbocycles. The molecule has 0 heterocycles. The van der Waals surface area contributed by atoms with Crippen LogP contribution < -0.4 is 9.47 Å². The minimum atomic E-state index is -0.479. The fraction of sp³-hybridized carbons (Fsp3) is 0.364. The Labute approximate surface area is 165 Å². The van der Waals surface area contributed by atoms with Gasteiger partial charge in [0.2, 0.25) is 0 Å². The smallest absolute Gasteiger partial charge is 0.342 e. The summed E-state index contributed by atoms with van der Waals surface area (Å²) in [6.45, 7) is 4.70. The third-order valence-corrected chi connectivity index (χ3v) is 3.79. The molecule has 2 rings (SSSR count). The first-order chi connectivity index (χ1) is 13.7. The zero-order chi connectivity index (χ0) is 20.2. The van der Waals surface area contributed by atoms with E-state index < -0.39 is 5.97 Å². The maximum absolute atomic E-state index is 12.3. The van der Waals surface area contributed by atoms with Gasteiger partial charge in [-0.1, -0.05) is 36.4 Å². The van der Waals surface area contributed by atoms with E-state index in [1.165, 1.54) is 0 Å². The van der Waals surface area contributed by atoms with E-state index in [0.29, 0.717) is 36.7 Å². The molecule has 0 saturated heterocycles. The van der Waals surface area contributed by atoms with E-state index in [0.717, 1.165) is 5.56 Å². The average Bonchev–Trinajstić information content (AvgIpc) is 2.71. The van der Waals surface area contributed by atoms with Gasteiger partial charge in [0, 0.05) is 6.42 Å². The van der Waals surface area contributed by atoms with Crippen molar-refractivity contribution < 1.29 is 28.5 Å². The van der Waals surface area contributed by atoms with Crippen molar-refractivity contribution in [2.45, 2.75) is 33.3 Å². The quantitative estimate of drug-likeness (QED) is 0.426. The van der Waals surface area contributed by atoms with Crippen LogP contribution in [0.1, 0.15) is 42.6 Å². The van der Waals surface area contributed by atoms with Gasteiger partial charge < -0.3 is 18.9 Å². The van der Waals surface area contributed by atoms with Gasteiger partial charge in [-0.25, -0.2) is 4.79 Å². The molecule has 0 spiro atoms. The molecule has 6 heteroatoms. The number of carbonyl (C=O) groups excluding carboxylic acids is 2. The summed E-state index contributed by atoms with van der Waals surface area (Å²) in [6.07, 6.45) is 0.712. The molecule has 6 nitrogen and oxygen atoms in total. The second-order valence-electron chi connectivity index (χ2n) is 5.88. The molecule has 0 amide bonds. The number of benzene rings is 2. The molecule has 2 aromatic carbocycles. The van der Waals surface area contributed by atoms with Crippen molar-refractivity contribution in [1.82, 2.24) is 0 Å². The fourth-order valence-corrected chi connectivity index (χ4v) is 2.51. The lowest BCUT2D eigenvalue weighted by atomic mass is 10.2. The Morgan fingerprint density at radius 2 is 1.61 bits per heavy atom. The summed E-state index contributed by atoms with van der Waals surface area (Å²) < 4.78 is 21.7. The second-order valence-corrected chi connectivity index (χ2v) is 5.88. The van der Waals surface area contributed by atoms with Crippen molar-refractivity contribution >= 4 is 11.9 Å². The van der Waals surface area contributed by atoms with Crippen LogP contribution in [0.4, 0.5) is 0 Å². The fourth-order valence-electron chi connectivity index (χ4n) is 2.51. The first-order valence-corrected chi connectivity index (χ1v) is 9.41. The van der Waals surface area contributed by atoms with Crippen molar-refractivity contribution in [2.75, 3.05) is 19.8 Å². The van der Waals surface area contributed by atoms with Crippen molar-refractivity contribution in [2.24, 2.45) is 0 Å². The van der Waals surface area contributed by atoms with E-state index in [9.17, 15) is 9.59 Å². The summed E-state index contributed by atoms with van der Waals surface area (Å²) in [7, 11) is 0. The minimum Gasteiger partial charge on any atom is -0.489 e. The predicted octanol–water partition coefficient (Wildman–Crippen LogP) is 4.16. The first-order valence-electron chi connectivity index (χ1n) is 9.41. The lowest BCUT2D eigenvalue weighted by Gasteiger charge is -2.16. The van der Waals surface area contributed by atoms with Gasteiger partial charge in [-0.3, -0.25) is 4.79 Å². The van der Waals surface area contributed by atoms with Crippen LogP contribution in [0.25, 0.3) is 0 Å². The van der Waals surface area contributed by atoms with Crippen molar-refractivity contribution in [1.29, 1.82) is 0 Å². The molecule has 2 aromatic rings. The van der Waals surface area contributed by atoms with E-state index in [2.05, 4.69) is 0 Å². The van der Waals surface area contributed by atoms with Gasteiger partial charge in [-0.05, 0) is 38.0 Å². The monoisotopic (exact) mass is 386 g/mol. The number of rotatable bonds is 11. The highest BCUT2D eigenvalue weighted by atomic mass is 16.5. The Morgan fingerprint density at radius 3 is 2.32 bits per heavy atom. The molecule has 0 radical (unpaired) electrons. The largest absolute Gasteiger partial charge is 0.489 e. The van der Waals surface area contributed by atoms with Crippen LogP contribution in [0.15, 0.2) is 48.5 Å². The molecule has 0 aliphatic heterocycles. The highest BCUT2D eigenvalue weighted by Gasteiger charge is 2.19. The van der Waals surface area contributed by atoms with Gasteiger partial charge >= 0.3 is 11.9 Å². The molecular formula is C22H26O6. The Hall–Kier alpha value is -3.02. The molecular weight excluding hydrogens is 360 g/mol. The van der Waals surface area contributed by atoms with E-state index in [1.807, 2.05) is 30.3 Å². The Kier molecular flexibility index (Phi) is 8.85. The Morgan fingerprint density at radius 1 is 0.857 bits per heavy atom. The van der Waals surface area contributed by atoms with E-state index in [1.54, 1.807) is 32.0 Å². The number of ether oxygens (including phenoxy) is 4. The third-order valence-electron chi connectivity index (χ3n) is 3.79. The van der Waals surface area contributed by atoms with E-state index >= 15 is 0 Å². The zero-order valence-corrected chi connectivity index (χ0v) is 16.3. The molecule has 0 bridgehead atoms. The van der Waals surface area contributed by atoms with Crippen LogP contribution in [0.3, 0.4) is 0 Å². The zero-order valence-electron chi connectivity index (χ0n) is 16.3. The first kappa shape index (κ1) is 21.3. The van der Waals surface area contributed by atoms with Crippen LogP contribution in [0.5, 0.6) is 11.5 Å². The molecule has 0 unspecified atom stereocenters. The lowest BCUT2D eigenvalue weighted by molar-refractivity contribution is -0.143. The SMILES string of the molecule is CCOC(=O)CCCOc1c(OCc2ccccc2)cccc1C(=O)OCC. The van der Waals surface area contributed by atoms with Crippen LogP contribution in [-0.4, -0.2) is 31.8 Å². The molecule has 28 heavy (non-hydrogen) atoms. The van der Waals surface area contributed by atoms with Crippen molar-refractivity contribution in [3.8, 4) is 11.5 Å². The van der Waals surface area contributed by atoms with Gasteiger partial charge in [0.25, 0.3) is 0 Å². The summed E-state index contributed by atoms with van der Waals surface area (Å²) in [6, 6.07) is 14.8. The molecule has 150 valence electrons. The molecule has 0 aliphatic carbocycles. The number of hydrogen-bond donors (Lipinski definition) is 0. The van der Waals surface area contributed by atoms with Crippen molar-refractivity contribution in [3.05, 3.63) is 59.7 Å². The molecule has 0 aliphatic rings. The Balaban J connectivity index is 2.10. The van der Waals surface area contributed by atoms with Gasteiger partial charge in [-0.2, -0.15) is 0 Å². The number of carbonyl (C=O) groups is 2. The lowest BCUT2D eigenvalue weighted by Crippen LogP contribution is -2.11. The highest BCUT2D eigenvalue weighted by Crippen LogP contribution is 2.33. The second kappa shape index (κ2) is 11.6. The number of hydrogen-bond acceptors (Lipinski definition) is 6. The summed E-state index contributed by atoms with van der Waals surface area (Å²) >= 11 is 0. The van der Waals surface area contributed by atoms with Gasteiger partial charge in [0.15, 0.2) is 11.5 Å². The average molecular weight is 386 g/mol. The van der Waals surface area contributed by atoms with Crippen molar-refractivity contribution in [3.63, 3.8) is 0 Å². The third kappa shape index (κ3) is 6.61. The minimum absolute atomic E-state index is 0.246. The molecule has 0 N–H and O–H groups in total. The summed E-state index contributed by atoms with van der Waals surface area (Å²) in [5.74, 6) is 0.0182. The van der Waals surface area contributed by atoms with Gasteiger partial charge in [0.1, 0.15) is 12.2 Å². The topological polar surface area (TPSA) is 71.1 Å². The molecule has 0 fully saturated rings. The number of esters is 2. The summed E-state index contributed by atoms with van der Waals surface area (Å²) in [5.41, 5.74) is 1.29. The molecule has 0 atom stereocenters. The summed E-state index contributed by atoms with van der Waals surface area (Å²) in [4.78, 5) is 23.8. The van der Waals surface area contributed by atoms with Gasteiger partial charge in [0.05, 0.1) is 19.8 Å². The maximum atomic E-state index is 12.3. The number of para-hydroxylation sites is 1. The maximum Gasteiger partial charge on any atom is 0.342 e. The standard InChI is InChI=1S/C22H26O6/c1-3-25-20(23)14-9-15-27-21-18(22(24)26-4-2)12-8-13-19(21)28-16-17-10-6-5-7-11-17/h5-8,10-13H,3-4,9,14-16H2,1-2H3. The van der Waals surface area contributed by atoms with E-state index in [-0.39, 0.29) is 25.6 Å². The van der Waals surface area contributed by atoms with Gasteiger partial charge in [-0.15, -0.1) is 0 Å². The molecule has 0 aromatic heterocycles. The summed E-state index contributed by atoms with van der Waals surface area (Å²) in [5, 5.41) is 0. The van der Waals surface area contributed by atoms with Crippen LogP contribution >= 0.6 is 0 Å². The van der Waals surface area contributed by atoms with Crippen LogP contribution in [-0.2, 0) is 20.9 Å². The predicted molar refractivity (Wildman–Crippen MR) is 105 cm³/mol.